The van der Waals surface area contributed by atoms with Crippen molar-refractivity contribution >= 4 is 5.82 Å². The van der Waals surface area contributed by atoms with Gasteiger partial charge in [0.2, 0.25) is 0 Å². The summed E-state index contributed by atoms with van der Waals surface area (Å²) in [5.41, 5.74) is -0.0505. The molecule has 98 valence electrons. The van der Waals surface area contributed by atoms with Crippen LogP contribution >= 0.6 is 0 Å². The van der Waals surface area contributed by atoms with Crippen LogP contribution < -0.4 is 16.2 Å². The van der Waals surface area contributed by atoms with Crippen LogP contribution in [0, 0.1) is 0 Å². The zero-order valence-corrected chi connectivity index (χ0v) is 10.5. The van der Waals surface area contributed by atoms with E-state index in [2.05, 4.69) is 20.6 Å². The number of H-pyrrole nitrogens is 1. The fourth-order valence-electron chi connectivity index (χ4n) is 2.02. The van der Waals surface area contributed by atoms with Crippen molar-refractivity contribution < 1.29 is 0 Å². The number of nitrogens with zero attached hydrogens (tertiary/aromatic N) is 1. The number of rotatable bonds is 7. The van der Waals surface area contributed by atoms with Crippen molar-refractivity contribution in [3.63, 3.8) is 0 Å². The van der Waals surface area contributed by atoms with Gasteiger partial charge in [-0.2, -0.15) is 0 Å². The highest BCUT2D eigenvalue weighted by Crippen LogP contribution is 2.37. The Morgan fingerprint density at radius 1 is 1.28 bits per heavy atom. The van der Waals surface area contributed by atoms with E-state index in [-0.39, 0.29) is 5.56 Å². The summed E-state index contributed by atoms with van der Waals surface area (Å²) in [6, 6.07) is 2.31. The Morgan fingerprint density at radius 2 is 2.11 bits per heavy atom. The standard InChI is InChI=1S/C13H20N4O/c18-12-8-11(16-13(17-12)9-2-3-9)15-7-1-6-14-10-4-5-10/h8-10,14H,1-7H2,(H2,15,16,17,18). The first kappa shape index (κ1) is 11.7. The third kappa shape index (κ3) is 3.32. The van der Waals surface area contributed by atoms with Gasteiger partial charge in [0.15, 0.2) is 0 Å². The highest BCUT2D eigenvalue weighted by molar-refractivity contribution is 5.33. The van der Waals surface area contributed by atoms with E-state index in [0.717, 1.165) is 44.2 Å². The molecule has 0 radical (unpaired) electrons. The zero-order chi connectivity index (χ0) is 12.4. The van der Waals surface area contributed by atoms with Crippen LogP contribution in [0.2, 0.25) is 0 Å². The van der Waals surface area contributed by atoms with E-state index in [1.165, 1.54) is 12.8 Å². The molecule has 0 atom stereocenters. The molecule has 1 heterocycles. The van der Waals surface area contributed by atoms with Gasteiger partial charge in [-0.25, -0.2) is 4.98 Å². The molecule has 2 saturated carbocycles. The quantitative estimate of drug-likeness (QED) is 0.634. The van der Waals surface area contributed by atoms with E-state index >= 15 is 0 Å². The predicted molar refractivity (Wildman–Crippen MR) is 71.0 cm³/mol. The highest BCUT2D eigenvalue weighted by Gasteiger charge is 2.26. The third-order valence-electron chi connectivity index (χ3n) is 3.39. The van der Waals surface area contributed by atoms with Crippen LogP contribution in [0.15, 0.2) is 10.9 Å². The average Bonchev–Trinajstić information content (AvgIpc) is 3.21. The van der Waals surface area contributed by atoms with Crippen LogP contribution in [0.4, 0.5) is 5.82 Å². The van der Waals surface area contributed by atoms with Crippen LogP contribution in [0.25, 0.3) is 0 Å². The fourth-order valence-corrected chi connectivity index (χ4v) is 2.02. The Balaban J connectivity index is 1.46. The third-order valence-corrected chi connectivity index (χ3v) is 3.39. The predicted octanol–water partition coefficient (Wildman–Crippen LogP) is 1.20. The molecule has 1 aromatic heterocycles. The summed E-state index contributed by atoms with van der Waals surface area (Å²) in [4.78, 5) is 18.8. The van der Waals surface area contributed by atoms with Crippen molar-refractivity contribution in [3.8, 4) is 0 Å². The first-order chi connectivity index (χ1) is 8.81. The van der Waals surface area contributed by atoms with Crippen molar-refractivity contribution in [2.75, 3.05) is 18.4 Å². The lowest BCUT2D eigenvalue weighted by atomic mass is 10.3. The van der Waals surface area contributed by atoms with E-state index < -0.39 is 0 Å². The Hall–Kier alpha value is -1.36. The normalized spacial score (nSPS) is 18.9. The number of anilines is 1. The monoisotopic (exact) mass is 248 g/mol. The topological polar surface area (TPSA) is 69.8 Å². The molecule has 1 aromatic rings. The maximum atomic E-state index is 11.5. The molecule has 0 amide bonds. The zero-order valence-electron chi connectivity index (χ0n) is 10.5. The van der Waals surface area contributed by atoms with Crippen LogP contribution in [0.3, 0.4) is 0 Å². The SMILES string of the molecule is O=c1cc(NCCCNC2CC2)nc(C2CC2)[nH]1. The van der Waals surface area contributed by atoms with Gasteiger partial charge in [-0.3, -0.25) is 4.79 Å². The molecule has 0 spiro atoms. The van der Waals surface area contributed by atoms with E-state index in [4.69, 9.17) is 0 Å². The molecule has 3 N–H and O–H groups in total. The van der Waals surface area contributed by atoms with Gasteiger partial charge in [0.05, 0.1) is 0 Å². The van der Waals surface area contributed by atoms with Crippen molar-refractivity contribution in [2.45, 2.75) is 44.1 Å². The van der Waals surface area contributed by atoms with Crippen LogP contribution in [-0.2, 0) is 0 Å². The lowest BCUT2D eigenvalue weighted by Crippen LogP contribution is -2.20. The molecule has 2 aliphatic rings. The van der Waals surface area contributed by atoms with Crippen molar-refractivity contribution in [2.24, 2.45) is 0 Å². The lowest BCUT2D eigenvalue weighted by molar-refractivity contribution is 0.658. The Labute approximate surface area is 106 Å². The molecule has 0 aromatic carbocycles. The van der Waals surface area contributed by atoms with E-state index in [1.807, 2.05) is 0 Å². The van der Waals surface area contributed by atoms with Crippen molar-refractivity contribution in [3.05, 3.63) is 22.2 Å². The lowest BCUT2D eigenvalue weighted by Gasteiger charge is -2.07. The first-order valence-electron chi connectivity index (χ1n) is 6.90. The smallest absolute Gasteiger partial charge is 0.252 e. The Morgan fingerprint density at radius 3 is 2.83 bits per heavy atom. The van der Waals surface area contributed by atoms with Gasteiger partial charge in [0, 0.05) is 24.6 Å². The largest absolute Gasteiger partial charge is 0.370 e. The molecule has 0 aliphatic heterocycles. The molecule has 5 nitrogen and oxygen atoms in total. The molecular weight excluding hydrogens is 228 g/mol. The fraction of sp³-hybridized carbons (Fsp3) is 0.692. The number of hydrogen-bond acceptors (Lipinski definition) is 4. The minimum atomic E-state index is -0.0505. The van der Waals surface area contributed by atoms with Gasteiger partial charge in [-0.1, -0.05) is 0 Å². The van der Waals surface area contributed by atoms with Gasteiger partial charge in [-0.15, -0.1) is 0 Å². The van der Waals surface area contributed by atoms with Gasteiger partial charge >= 0.3 is 0 Å². The van der Waals surface area contributed by atoms with Gasteiger partial charge in [0.25, 0.3) is 5.56 Å². The van der Waals surface area contributed by atoms with Crippen LogP contribution in [-0.4, -0.2) is 29.1 Å². The molecule has 3 rings (SSSR count). The maximum Gasteiger partial charge on any atom is 0.252 e. The molecule has 5 heteroatoms. The molecule has 2 fully saturated rings. The minimum Gasteiger partial charge on any atom is -0.370 e. The summed E-state index contributed by atoms with van der Waals surface area (Å²) in [6.45, 7) is 1.90. The molecule has 0 bridgehead atoms. The van der Waals surface area contributed by atoms with Gasteiger partial charge < -0.3 is 15.6 Å². The molecule has 18 heavy (non-hydrogen) atoms. The second-order valence-corrected chi connectivity index (χ2v) is 5.30. The van der Waals surface area contributed by atoms with E-state index in [1.54, 1.807) is 6.07 Å². The highest BCUT2D eigenvalue weighted by atomic mass is 16.1. The number of hydrogen-bond donors (Lipinski definition) is 3. The number of aromatic nitrogens is 2. The second-order valence-electron chi connectivity index (χ2n) is 5.30. The summed E-state index contributed by atoms with van der Waals surface area (Å²) in [5, 5.41) is 6.70. The minimum absolute atomic E-state index is 0.0505. The Bertz CT molecular complexity index is 462. The molecule has 2 aliphatic carbocycles. The van der Waals surface area contributed by atoms with E-state index in [9.17, 15) is 4.79 Å². The number of aromatic amines is 1. The summed E-state index contributed by atoms with van der Waals surface area (Å²) < 4.78 is 0. The van der Waals surface area contributed by atoms with Gasteiger partial charge in [0.1, 0.15) is 11.6 Å². The van der Waals surface area contributed by atoms with Crippen LogP contribution in [0.5, 0.6) is 0 Å². The van der Waals surface area contributed by atoms with Crippen molar-refractivity contribution in [1.82, 2.24) is 15.3 Å². The summed E-state index contributed by atoms with van der Waals surface area (Å²) in [7, 11) is 0. The summed E-state index contributed by atoms with van der Waals surface area (Å²) in [5.74, 6) is 2.05. The summed E-state index contributed by atoms with van der Waals surface area (Å²) >= 11 is 0. The summed E-state index contributed by atoms with van der Waals surface area (Å²) in [6.07, 6.45) is 6.01. The molecule has 0 saturated heterocycles. The molecular formula is C13H20N4O. The maximum absolute atomic E-state index is 11.5. The van der Waals surface area contributed by atoms with Crippen LogP contribution in [0.1, 0.15) is 43.8 Å². The second kappa shape index (κ2) is 5.10. The average molecular weight is 248 g/mol. The Kier molecular flexibility index (Phi) is 3.32. The number of nitrogens with one attached hydrogen (secondary N) is 3. The van der Waals surface area contributed by atoms with Crippen molar-refractivity contribution in [1.29, 1.82) is 0 Å². The first-order valence-corrected chi connectivity index (χ1v) is 6.90. The molecule has 0 unspecified atom stereocenters. The van der Waals surface area contributed by atoms with Gasteiger partial charge in [-0.05, 0) is 38.6 Å². The van der Waals surface area contributed by atoms with E-state index in [0.29, 0.717) is 11.7 Å².